The first-order valence-corrected chi connectivity index (χ1v) is 10.00. The van der Waals surface area contributed by atoms with Crippen LogP contribution in [0.3, 0.4) is 0 Å². The lowest BCUT2D eigenvalue weighted by atomic mass is 9.88. The Morgan fingerprint density at radius 3 is 2.57 bits per heavy atom. The number of carbonyl (C=O) groups is 3. The zero-order valence-electron chi connectivity index (χ0n) is 15.7. The van der Waals surface area contributed by atoms with Crippen molar-refractivity contribution >= 4 is 39.8 Å². The number of carbonyl (C=O) groups excluding carboxylic acids is 3. The summed E-state index contributed by atoms with van der Waals surface area (Å²) >= 11 is 1.41. The van der Waals surface area contributed by atoms with Crippen molar-refractivity contribution in [3.63, 3.8) is 0 Å². The molecule has 3 aromatic rings. The minimum absolute atomic E-state index is 0.227. The van der Waals surface area contributed by atoms with E-state index in [1.165, 1.54) is 11.3 Å². The summed E-state index contributed by atoms with van der Waals surface area (Å²) in [6, 6.07) is 16.5. The molecule has 4 rings (SSSR count). The molecule has 1 aliphatic rings. The average molecular weight is 392 g/mol. The lowest BCUT2D eigenvalue weighted by molar-refractivity contribution is -0.130. The van der Waals surface area contributed by atoms with Crippen LogP contribution in [-0.2, 0) is 16.8 Å². The maximum atomic E-state index is 13.2. The molecule has 0 unspecified atom stereocenters. The molecular formula is C22H20N2O3S. The normalized spacial score (nSPS) is 19.3. The van der Waals surface area contributed by atoms with E-state index in [0.29, 0.717) is 4.88 Å². The average Bonchev–Trinajstić information content (AvgIpc) is 3.27. The standard InChI is InChI=1S/C22H20N2O3S/c1-3-15-11-12-19(28-15)18(25)13-24-20(26)22(2,23-21(24)27)17-10-6-8-14-7-4-5-9-16(14)17/h4-12H,3,13H2,1-2H3,(H,23,27)/t22-/m0/s1. The van der Waals surface area contributed by atoms with Crippen molar-refractivity contribution < 1.29 is 14.4 Å². The predicted octanol–water partition coefficient (Wildman–Crippen LogP) is 4.11. The van der Waals surface area contributed by atoms with E-state index < -0.39 is 17.5 Å². The molecule has 1 N–H and O–H groups in total. The number of nitrogens with one attached hydrogen (secondary N) is 1. The molecule has 0 spiro atoms. The van der Waals surface area contributed by atoms with Gasteiger partial charge in [-0.2, -0.15) is 0 Å². The molecule has 1 saturated heterocycles. The van der Waals surface area contributed by atoms with E-state index in [0.717, 1.165) is 32.5 Å². The van der Waals surface area contributed by atoms with Gasteiger partial charge in [0.25, 0.3) is 5.91 Å². The Morgan fingerprint density at radius 2 is 1.82 bits per heavy atom. The fraction of sp³-hybridized carbons (Fsp3) is 0.227. The molecule has 5 nitrogen and oxygen atoms in total. The summed E-state index contributed by atoms with van der Waals surface area (Å²) in [5.74, 6) is -0.634. The maximum absolute atomic E-state index is 13.2. The van der Waals surface area contributed by atoms with Crippen LogP contribution in [0.1, 0.15) is 34.0 Å². The highest BCUT2D eigenvalue weighted by atomic mass is 32.1. The van der Waals surface area contributed by atoms with Crippen LogP contribution in [0.5, 0.6) is 0 Å². The maximum Gasteiger partial charge on any atom is 0.325 e. The van der Waals surface area contributed by atoms with Crippen molar-refractivity contribution in [3.8, 4) is 0 Å². The van der Waals surface area contributed by atoms with Crippen LogP contribution in [0, 0.1) is 0 Å². The first-order valence-electron chi connectivity index (χ1n) is 9.18. The molecule has 142 valence electrons. The van der Waals surface area contributed by atoms with Gasteiger partial charge in [0.1, 0.15) is 5.54 Å². The fourth-order valence-corrected chi connectivity index (χ4v) is 4.50. The Kier molecular flexibility index (Phi) is 4.51. The number of benzene rings is 2. The van der Waals surface area contributed by atoms with Crippen molar-refractivity contribution in [1.29, 1.82) is 0 Å². The monoisotopic (exact) mass is 392 g/mol. The second-order valence-corrected chi connectivity index (χ2v) is 8.18. The summed E-state index contributed by atoms with van der Waals surface area (Å²) in [5.41, 5.74) is -0.481. The highest BCUT2D eigenvalue weighted by Crippen LogP contribution is 2.34. The van der Waals surface area contributed by atoms with Crippen LogP contribution in [0.2, 0.25) is 0 Å². The van der Waals surface area contributed by atoms with Crippen LogP contribution in [0.15, 0.2) is 54.6 Å². The molecule has 1 fully saturated rings. The third kappa shape index (κ3) is 2.90. The molecule has 1 atom stereocenters. The van der Waals surface area contributed by atoms with Gasteiger partial charge in [-0.05, 0) is 41.8 Å². The number of Topliss-reactive ketones (excluding diaryl/α,β-unsaturated/α-hetero) is 1. The number of amides is 3. The van der Waals surface area contributed by atoms with Crippen molar-refractivity contribution in [2.24, 2.45) is 0 Å². The number of rotatable bonds is 5. The number of thiophene rings is 1. The first kappa shape index (κ1) is 18.4. The molecule has 1 aliphatic heterocycles. The quantitative estimate of drug-likeness (QED) is 0.525. The van der Waals surface area contributed by atoms with E-state index >= 15 is 0 Å². The van der Waals surface area contributed by atoms with Crippen LogP contribution in [0.25, 0.3) is 10.8 Å². The van der Waals surface area contributed by atoms with Gasteiger partial charge in [0, 0.05) is 4.88 Å². The molecule has 1 aromatic heterocycles. The zero-order chi connectivity index (χ0) is 19.9. The van der Waals surface area contributed by atoms with Gasteiger partial charge < -0.3 is 5.32 Å². The second kappa shape index (κ2) is 6.87. The van der Waals surface area contributed by atoms with Gasteiger partial charge in [-0.3, -0.25) is 14.5 Å². The summed E-state index contributed by atoms with van der Waals surface area (Å²) < 4.78 is 0. The summed E-state index contributed by atoms with van der Waals surface area (Å²) in [6.07, 6.45) is 0.847. The molecule has 28 heavy (non-hydrogen) atoms. The van der Waals surface area contributed by atoms with Gasteiger partial charge in [-0.1, -0.05) is 49.4 Å². The van der Waals surface area contributed by atoms with E-state index in [4.69, 9.17) is 0 Å². The number of nitrogens with zero attached hydrogens (tertiary/aromatic N) is 1. The minimum Gasteiger partial charge on any atom is -0.319 e. The van der Waals surface area contributed by atoms with Gasteiger partial charge in [0.2, 0.25) is 0 Å². The molecule has 0 aliphatic carbocycles. The van der Waals surface area contributed by atoms with Gasteiger partial charge in [0.05, 0.1) is 11.4 Å². The summed E-state index contributed by atoms with van der Waals surface area (Å²) in [7, 11) is 0. The Balaban J connectivity index is 1.65. The molecule has 2 heterocycles. The Hall–Kier alpha value is -2.99. The summed E-state index contributed by atoms with van der Waals surface area (Å²) in [6.45, 7) is 3.46. The number of fused-ring (bicyclic) bond motifs is 1. The molecule has 3 amide bonds. The smallest absolute Gasteiger partial charge is 0.319 e. The summed E-state index contributed by atoms with van der Waals surface area (Å²) in [5, 5.41) is 4.69. The van der Waals surface area contributed by atoms with E-state index in [9.17, 15) is 14.4 Å². The Morgan fingerprint density at radius 1 is 1.07 bits per heavy atom. The molecule has 6 heteroatoms. The topological polar surface area (TPSA) is 66.5 Å². The molecule has 0 radical (unpaired) electrons. The molecule has 0 bridgehead atoms. The van der Waals surface area contributed by atoms with E-state index in [1.54, 1.807) is 13.0 Å². The number of aryl methyl sites for hydroxylation is 1. The van der Waals surface area contributed by atoms with Crippen LogP contribution in [0.4, 0.5) is 4.79 Å². The van der Waals surface area contributed by atoms with Gasteiger partial charge in [0.15, 0.2) is 5.78 Å². The van der Waals surface area contributed by atoms with Crippen LogP contribution >= 0.6 is 11.3 Å². The number of hydrogen-bond donors (Lipinski definition) is 1. The van der Waals surface area contributed by atoms with Gasteiger partial charge in [-0.15, -0.1) is 11.3 Å². The van der Waals surface area contributed by atoms with Gasteiger partial charge >= 0.3 is 6.03 Å². The highest BCUT2D eigenvalue weighted by Gasteiger charge is 2.50. The lowest BCUT2D eigenvalue weighted by Gasteiger charge is -2.24. The number of ketones is 1. The summed E-state index contributed by atoms with van der Waals surface area (Å²) in [4.78, 5) is 41.1. The van der Waals surface area contributed by atoms with E-state index in [2.05, 4.69) is 5.32 Å². The fourth-order valence-electron chi connectivity index (χ4n) is 3.62. The van der Waals surface area contributed by atoms with Crippen molar-refractivity contribution in [2.75, 3.05) is 6.54 Å². The Labute approximate surface area is 167 Å². The third-order valence-electron chi connectivity index (χ3n) is 5.19. The lowest BCUT2D eigenvalue weighted by Crippen LogP contribution is -2.41. The zero-order valence-corrected chi connectivity index (χ0v) is 16.5. The van der Waals surface area contributed by atoms with E-state index in [1.807, 2.05) is 55.5 Å². The predicted molar refractivity (Wildman–Crippen MR) is 110 cm³/mol. The van der Waals surface area contributed by atoms with Gasteiger partial charge in [-0.25, -0.2) is 4.79 Å². The molecular weight excluding hydrogens is 372 g/mol. The van der Waals surface area contributed by atoms with Crippen LogP contribution in [-0.4, -0.2) is 29.2 Å². The largest absolute Gasteiger partial charge is 0.325 e. The van der Waals surface area contributed by atoms with Crippen LogP contribution < -0.4 is 5.32 Å². The first-order chi connectivity index (χ1) is 13.4. The Bertz CT molecular complexity index is 1100. The number of hydrogen-bond acceptors (Lipinski definition) is 4. The second-order valence-electron chi connectivity index (χ2n) is 7.02. The third-order valence-corrected chi connectivity index (χ3v) is 6.46. The number of urea groups is 1. The molecule has 2 aromatic carbocycles. The SMILES string of the molecule is CCc1ccc(C(=O)CN2C(=O)N[C@@](C)(c3cccc4ccccc34)C2=O)s1. The minimum atomic E-state index is -1.21. The number of imide groups is 1. The highest BCUT2D eigenvalue weighted by molar-refractivity contribution is 7.14. The van der Waals surface area contributed by atoms with Crippen molar-refractivity contribution in [2.45, 2.75) is 25.8 Å². The van der Waals surface area contributed by atoms with E-state index in [-0.39, 0.29) is 12.3 Å². The molecule has 0 saturated carbocycles. The van der Waals surface area contributed by atoms with Crippen molar-refractivity contribution in [1.82, 2.24) is 10.2 Å². The van der Waals surface area contributed by atoms with Crippen molar-refractivity contribution in [3.05, 3.63) is 69.9 Å².